The Kier molecular flexibility index (Phi) is 17.5. The quantitative estimate of drug-likeness (QED) is 0.0931. The molecule has 0 aliphatic carbocycles. The van der Waals surface area contributed by atoms with Gasteiger partial charge in [0.05, 0.1) is 28.4 Å². The van der Waals surface area contributed by atoms with Gasteiger partial charge in [0, 0.05) is 155 Å². The lowest BCUT2D eigenvalue weighted by atomic mass is 9.30. The molecule has 0 amide bonds. The summed E-state index contributed by atoms with van der Waals surface area (Å²) in [6, 6.07) is 177. The Morgan fingerprint density at radius 3 is 0.614 bits per heavy atom. The van der Waals surface area contributed by atoms with Gasteiger partial charge in [-0.15, -0.1) is 22.7 Å². The van der Waals surface area contributed by atoms with Crippen molar-refractivity contribution >= 4 is 264 Å². The molecule has 21 aromatic rings. The highest BCUT2D eigenvalue weighted by Gasteiger charge is 2.53. The van der Waals surface area contributed by atoms with Gasteiger partial charge in [-0.3, -0.25) is 0 Å². The van der Waals surface area contributed by atoms with Crippen LogP contribution in [0.2, 0.25) is 0 Å². The smallest absolute Gasteiger partial charge is 0.264 e. The highest BCUT2D eigenvalue weighted by atomic mass is 32.1. The lowest BCUT2D eigenvalue weighted by molar-refractivity contribution is 1.21. The van der Waals surface area contributed by atoms with Gasteiger partial charge in [-0.2, -0.15) is 0 Å². The first-order valence-corrected chi connectivity index (χ1v) is 46.9. The molecule has 6 aliphatic rings. The topological polar surface area (TPSA) is 29.2 Å². The normalized spacial score (nSPS) is 13.2. The summed E-state index contributed by atoms with van der Waals surface area (Å²) in [5.41, 5.74) is 37.8. The van der Waals surface area contributed by atoms with Crippen molar-refractivity contribution in [3.63, 3.8) is 0 Å². The summed E-state index contributed by atoms with van der Waals surface area (Å²) in [5, 5.41) is 2.44. The first-order chi connectivity index (χ1) is 65.6. The van der Waals surface area contributed by atoms with Crippen LogP contribution in [-0.2, 0) is 0 Å². The van der Waals surface area contributed by atoms with E-state index in [0.29, 0.717) is 0 Å². The number of benzene rings is 19. The van der Waals surface area contributed by atoms with Crippen LogP contribution in [0.15, 0.2) is 473 Å². The molecule has 0 bridgehead atoms. The molecule has 0 saturated heterocycles. The monoisotopic (exact) mass is 1720 g/mol. The van der Waals surface area contributed by atoms with E-state index in [0.717, 1.165) is 142 Å². The molecular weight excluding hydrogens is 1640 g/mol. The number of thiophene rings is 2. The average Bonchev–Trinajstić information content (AvgIpc) is 1.21. The van der Waals surface area contributed by atoms with Crippen LogP contribution >= 0.6 is 22.7 Å². The summed E-state index contributed by atoms with van der Waals surface area (Å²) >= 11 is 3.88. The van der Waals surface area contributed by atoms with Crippen molar-refractivity contribution in [1.29, 1.82) is 0 Å². The van der Waals surface area contributed by atoms with Crippen molar-refractivity contribution in [2.75, 3.05) is 44.1 Å². The number of anilines is 27. The van der Waals surface area contributed by atoms with Crippen LogP contribution in [0, 0.1) is 0 Å². The predicted octanol–water partition coefficient (Wildman–Crippen LogP) is 26.8. The molecule has 0 spiro atoms. The van der Waals surface area contributed by atoms with Crippen molar-refractivity contribution in [2.24, 2.45) is 0 Å². The van der Waals surface area contributed by atoms with E-state index in [9.17, 15) is 0 Å². The van der Waals surface area contributed by atoms with Crippen molar-refractivity contribution in [1.82, 2.24) is 0 Å². The fourth-order valence-corrected chi connectivity index (χ4v) is 24.7. The molecule has 2 aromatic heterocycles. The summed E-state index contributed by atoms with van der Waals surface area (Å²) in [4.78, 5) is 23.1. The summed E-state index contributed by atoms with van der Waals surface area (Å²) < 4.78 is 5.07. The van der Waals surface area contributed by atoms with Crippen LogP contribution in [0.5, 0.6) is 0 Å². The van der Waals surface area contributed by atoms with Crippen molar-refractivity contribution < 1.29 is 0 Å². The zero-order valence-electron chi connectivity index (χ0n) is 71.6. The standard InChI is InChI=1S/C118H78B3N9S2/c1-13-41-79(42-14-1)122(80-43-15-2-16-44-80)91-69-104-112-105(70-91)126(86-55-27-8-28-56-86)101-78-103-99(121-114-107(128(103)88-59-31-10-32-60-88)72-93(124(83-49-21-5-22-50-83)84-51-23-6-24-52-84)74-109(114)130(90-63-35-12-36-64-90)116-95-66-38-40-68-111(95)132-118(116)121)76-97(101)119(112)96-75-98-102(77-100(96)125(104)85-53-25-7-26-54-85)127(87-57-29-9-30-58-87)106-71-92(123(81-45-17-3-18-46-81)82-47-19-4-20-48-82)73-108-113(106)120(98)117-115(94-65-37-39-67-110(94)131-117)129(108)89-61-33-11-34-62-89/h1-78H. The molecule has 9 nitrogen and oxygen atoms in total. The first-order valence-electron chi connectivity index (χ1n) is 45.3. The minimum absolute atomic E-state index is 0.273. The van der Waals surface area contributed by atoms with E-state index in [1.165, 1.54) is 79.3 Å². The summed E-state index contributed by atoms with van der Waals surface area (Å²) in [6.07, 6.45) is 0. The van der Waals surface area contributed by atoms with Gasteiger partial charge >= 0.3 is 0 Å². The number of rotatable bonds is 15. The zero-order valence-corrected chi connectivity index (χ0v) is 73.2. The van der Waals surface area contributed by atoms with Gasteiger partial charge in [-0.1, -0.05) is 267 Å². The maximum Gasteiger partial charge on any atom is 0.264 e. The number of hydrogen-bond acceptors (Lipinski definition) is 11. The Morgan fingerprint density at radius 2 is 0.364 bits per heavy atom. The largest absolute Gasteiger partial charge is 0.311 e. The van der Waals surface area contributed by atoms with Crippen LogP contribution in [-0.4, -0.2) is 20.1 Å². The van der Waals surface area contributed by atoms with Crippen LogP contribution in [0.3, 0.4) is 0 Å². The fraction of sp³-hybridized carbons (Fsp3) is 0. The molecule has 0 N–H and O–H groups in total. The Balaban J connectivity index is 0.798. The molecule has 0 saturated carbocycles. The SMILES string of the molecule is c1ccc(N(c2ccccc2)c2cc3c4c(c2)N(c2ccccc2)c2cc5c(cc2B4c2cc4c(cc2N3c2ccccc2)N(c2ccccc2)c2cc(N(c3ccccc3)c3ccccc3)cc3c2B4c2sc4ccccc4c2N3c2ccccc2)B2c3sc4ccccc4c3N(c3ccccc3)c3cc(N(c4ccccc4)c4ccccc4)cc(c32)N5c2ccccc2)cc1. The zero-order chi connectivity index (χ0) is 86.6. The maximum atomic E-state index is 2.72. The van der Waals surface area contributed by atoms with Crippen LogP contribution < -0.4 is 91.9 Å². The van der Waals surface area contributed by atoms with Gasteiger partial charge in [0.25, 0.3) is 20.1 Å². The van der Waals surface area contributed by atoms with E-state index >= 15 is 0 Å². The van der Waals surface area contributed by atoms with Crippen molar-refractivity contribution in [2.45, 2.75) is 0 Å². The Morgan fingerprint density at radius 1 is 0.167 bits per heavy atom. The van der Waals surface area contributed by atoms with Crippen molar-refractivity contribution in [3.05, 3.63) is 473 Å². The van der Waals surface area contributed by atoms with Crippen molar-refractivity contribution in [3.8, 4) is 0 Å². The molecule has 0 radical (unpaired) electrons. The van der Waals surface area contributed by atoms with Gasteiger partial charge in [0.15, 0.2) is 0 Å². The third kappa shape index (κ3) is 11.8. The molecule has 27 rings (SSSR count). The third-order valence-corrected chi connectivity index (χ3v) is 29.8. The van der Waals surface area contributed by atoms with Gasteiger partial charge in [0.1, 0.15) is 0 Å². The van der Waals surface area contributed by atoms with Gasteiger partial charge in [-0.05, 0) is 244 Å². The van der Waals surface area contributed by atoms with Gasteiger partial charge in [0.2, 0.25) is 0 Å². The maximum absolute atomic E-state index is 2.72. The number of fused-ring (bicyclic) bond motifs is 16. The Hall–Kier alpha value is -16.5. The number of nitrogens with zero attached hydrogens (tertiary/aromatic N) is 9. The highest BCUT2D eigenvalue weighted by Crippen LogP contribution is 2.57. The van der Waals surface area contributed by atoms with E-state index < -0.39 is 6.71 Å². The third-order valence-electron chi connectivity index (χ3n) is 27.3. The highest BCUT2D eigenvalue weighted by molar-refractivity contribution is 7.34. The van der Waals surface area contributed by atoms with Crippen LogP contribution in [0.1, 0.15) is 0 Å². The molecule has 0 fully saturated rings. The number of hydrogen-bond donors (Lipinski definition) is 0. The lowest BCUT2D eigenvalue weighted by Gasteiger charge is -2.48. The predicted molar refractivity (Wildman–Crippen MR) is 563 cm³/mol. The molecule has 6 aliphatic heterocycles. The molecule has 19 aromatic carbocycles. The minimum Gasteiger partial charge on any atom is -0.311 e. The molecule has 0 unspecified atom stereocenters. The molecular formula is C118H78B3N9S2. The van der Waals surface area contributed by atoms with Crippen LogP contribution in [0.4, 0.5) is 154 Å². The average molecular weight is 1720 g/mol. The second-order valence-electron chi connectivity index (χ2n) is 34.6. The summed E-state index contributed by atoms with van der Waals surface area (Å²) in [5.74, 6) is 0. The Labute approximate surface area is 775 Å². The molecule has 132 heavy (non-hydrogen) atoms. The van der Waals surface area contributed by atoms with E-state index in [1.807, 2.05) is 22.7 Å². The van der Waals surface area contributed by atoms with E-state index in [-0.39, 0.29) is 13.4 Å². The molecule has 14 heteroatoms. The second kappa shape index (κ2) is 30.6. The second-order valence-corrected chi connectivity index (χ2v) is 36.8. The fourth-order valence-electron chi connectivity index (χ4n) is 22.1. The van der Waals surface area contributed by atoms with Gasteiger partial charge in [-0.25, -0.2) is 0 Å². The summed E-state index contributed by atoms with van der Waals surface area (Å²) in [7, 11) is 0. The number of para-hydroxylation sites is 12. The van der Waals surface area contributed by atoms with E-state index in [1.54, 1.807) is 0 Å². The van der Waals surface area contributed by atoms with Gasteiger partial charge < -0.3 is 44.1 Å². The first kappa shape index (κ1) is 75.6. The molecule has 0 atom stereocenters. The summed E-state index contributed by atoms with van der Waals surface area (Å²) in [6.45, 7) is -0.948. The Bertz CT molecular complexity index is 7530. The lowest BCUT2D eigenvalue weighted by Crippen LogP contribution is -2.66. The van der Waals surface area contributed by atoms with E-state index in [4.69, 9.17) is 0 Å². The van der Waals surface area contributed by atoms with Crippen LogP contribution in [0.25, 0.3) is 20.2 Å². The molecule has 8 heterocycles. The van der Waals surface area contributed by atoms with E-state index in [2.05, 4.69) is 517 Å². The molecule has 616 valence electrons. The minimum atomic E-state index is -0.401.